The third kappa shape index (κ3) is 2.03. The van der Waals surface area contributed by atoms with Crippen LogP contribution in [0.25, 0.3) is 0 Å². The zero-order valence-electron chi connectivity index (χ0n) is 7.06. The SMILES string of the molecule is CN(C)c1ccc([P+](=O)O)cc1. The fourth-order valence-corrected chi connectivity index (χ4v) is 1.28. The fraction of sp³-hybridized carbons (Fsp3) is 0.250. The van der Waals surface area contributed by atoms with E-state index in [9.17, 15) is 4.57 Å². The Morgan fingerprint density at radius 1 is 1.25 bits per heavy atom. The molecule has 0 saturated carbocycles. The van der Waals surface area contributed by atoms with Crippen LogP contribution in [0.15, 0.2) is 24.3 Å². The van der Waals surface area contributed by atoms with Crippen LogP contribution in [0.2, 0.25) is 0 Å². The highest BCUT2D eigenvalue weighted by atomic mass is 31.1. The van der Waals surface area contributed by atoms with Crippen molar-refractivity contribution >= 4 is 19.0 Å². The van der Waals surface area contributed by atoms with Crippen molar-refractivity contribution in [3.63, 3.8) is 0 Å². The van der Waals surface area contributed by atoms with Gasteiger partial charge in [-0.3, -0.25) is 0 Å². The standard InChI is InChI=1S/C8H10NO2P/c1-9(2)7-3-5-8(6-4-7)12(10)11/h3-6H,1-2H3/p+1. The van der Waals surface area contributed by atoms with Gasteiger partial charge in [-0.25, -0.2) is 0 Å². The van der Waals surface area contributed by atoms with E-state index in [4.69, 9.17) is 4.89 Å². The van der Waals surface area contributed by atoms with Crippen molar-refractivity contribution in [3.8, 4) is 0 Å². The predicted molar refractivity (Wildman–Crippen MR) is 50.2 cm³/mol. The summed E-state index contributed by atoms with van der Waals surface area (Å²) < 4.78 is 10.6. The van der Waals surface area contributed by atoms with E-state index in [0.29, 0.717) is 5.30 Å². The zero-order valence-corrected chi connectivity index (χ0v) is 7.95. The van der Waals surface area contributed by atoms with Crippen LogP contribution in [-0.4, -0.2) is 19.0 Å². The van der Waals surface area contributed by atoms with E-state index in [-0.39, 0.29) is 0 Å². The Morgan fingerprint density at radius 3 is 2.08 bits per heavy atom. The molecule has 64 valence electrons. The van der Waals surface area contributed by atoms with Crippen LogP contribution < -0.4 is 10.2 Å². The normalized spacial score (nSPS) is 11.1. The number of rotatable bonds is 2. The molecule has 1 unspecified atom stereocenters. The van der Waals surface area contributed by atoms with Gasteiger partial charge in [0.05, 0.1) is 0 Å². The van der Waals surface area contributed by atoms with E-state index >= 15 is 0 Å². The summed E-state index contributed by atoms with van der Waals surface area (Å²) in [7, 11) is 1.65. The van der Waals surface area contributed by atoms with E-state index in [2.05, 4.69) is 0 Å². The molecule has 1 rings (SSSR count). The number of nitrogens with zero attached hydrogens (tertiary/aromatic N) is 1. The molecule has 0 aromatic heterocycles. The summed E-state index contributed by atoms with van der Waals surface area (Å²) in [6.07, 6.45) is 0. The van der Waals surface area contributed by atoms with E-state index < -0.39 is 8.03 Å². The van der Waals surface area contributed by atoms with Gasteiger partial charge in [-0.2, -0.15) is 4.89 Å². The van der Waals surface area contributed by atoms with Crippen LogP contribution in [-0.2, 0) is 4.57 Å². The first kappa shape index (κ1) is 9.17. The quantitative estimate of drug-likeness (QED) is 0.700. The summed E-state index contributed by atoms with van der Waals surface area (Å²) >= 11 is 0. The lowest BCUT2D eigenvalue weighted by Crippen LogP contribution is -2.09. The van der Waals surface area contributed by atoms with Gasteiger partial charge in [-0.1, -0.05) is 0 Å². The van der Waals surface area contributed by atoms with Gasteiger partial charge in [-0.15, -0.1) is 0 Å². The molecule has 0 spiro atoms. The van der Waals surface area contributed by atoms with Gasteiger partial charge >= 0.3 is 8.03 Å². The molecule has 0 saturated heterocycles. The lowest BCUT2D eigenvalue weighted by atomic mass is 10.3. The Kier molecular flexibility index (Phi) is 2.79. The Balaban J connectivity index is 2.93. The highest BCUT2D eigenvalue weighted by Crippen LogP contribution is 2.15. The molecule has 1 aromatic rings. The molecule has 0 aliphatic carbocycles. The summed E-state index contributed by atoms with van der Waals surface area (Å²) in [5, 5.41) is 0.468. The molecule has 12 heavy (non-hydrogen) atoms. The van der Waals surface area contributed by atoms with Crippen LogP contribution in [0, 0.1) is 0 Å². The second-order valence-electron chi connectivity index (χ2n) is 2.68. The number of hydrogen-bond donors (Lipinski definition) is 1. The third-order valence-electron chi connectivity index (χ3n) is 1.59. The molecule has 0 aliphatic heterocycles. The summed E-state index contributed by atoms with van der Waals surface area (Å²) in [5.74, 6) is 0. The molecule has 0 bridgehead atoms. The summed E-state index contributed by atoms with van der Waals surface area (Å²) in [4.78, 5) is 10.7. The molecule has 1 N–H and O–H groups in total. The molecule has 4 heteroatoms. The van der Waals surface area contributed by atoms with Gasteiger partial charge in [0.15, 0.2) is 0 Å². The highest BCUT2D eigenvalue weighted by Gasteiger charge is 2.14. The minimum Gasteiger partial charge on any atom is -0.378 e. The highest BCUT2D eigenvalue weighted by molar-refractivity contribution is 7.47. The molecule has 0 heterocycles. The van der Waals surface area contributed by atoms with Gasteiger partial charge in [0, 0.05) is 19.8 Å². The molecule has 0 aliphatic rings. The first-order valence-corrected chi connectivity index (χ1v) is 4.76. The van der Waals surface area contributed by atoms with E-state index in [1.165, 1.54) is 0 Å². The smallest absolute Gasteiger partial charge is 0.378 e. The van der Waals surface area contributed by atoms with Crippen LogP contribution in [0.3, 0.4) is 0 Å². The summed E-state index contributed by atoms with van der Waals surface area (Å²) in [5.41, 5.74) is 1.02. The largest absolute Gasteiger partial charge is 0.546 e. The van der Waals surface area contributed by atoms with E-state index in [1.54, 1.807) is 12.1 Å². The van der Waals surface area contributed by atoms with Gasteiger partial charge in [0.25, 0.3) is 0 Å². The minimum absolute atomic E-state index is 0.468. The summed E-state index contributed by atoms with van der Waals surface area (Å²) in [6.45, 7) is 0. The van der Waals surface area contributed by atoms with Crippen molar-refractivity contribution in [1.82, 2.24) is 0 Å². The maximum absolute atomic E-state index is 10.6. The van der Waals surface area contributed by atoms with Crippen molar-refractivity contribution in [1.29, 1.82) is 0 Å². The number of hydrogen-bond acceptors (Lipinski definition) is 2. The van der Waals surface area contributed by atoms with Crippen LogP contribution in [0.5, 0.6) is 0 Å². The maximum atomic E-state index is 10.6. The van der Waals surface area contributed by atoms with Crippen molar-refractivity contribution in [2.75, 3.05) is 19.0 Å². The molecule has 0 amide bonds. The topological polar surface area (TPSA) is 40.5 Å². The minimum atomic E-state index is -2.20. The fourth-order valence-electron chi connectivity index (χ4n) is 0.878. The van der Waals surface area contributed by atoms with Gasteiger partial charge < -0.3 is 4.90 Å². The molecule has 0 fully saturated rings. The Morgan fingerprint density at radius 2 is 1.75 bits per heavy atom. The van der Waals surface area contributed by atoms with Crippen molar-refractivity contribution in [2.45, 2.75) is 0 Å². The molecular weight excluding hydrogens is 173 g/mol. The zero-order chi connectivity index (χ0) is 9.14. The maximum Gasteiger partial charge on any atom is 0.546 e. The van der Waals surface area contributed by atoms with Crippen molar-refractivity contribution < 1.29 is 9.46 Å². The average Bonchev–Trinajstić information content (AvgIpc) is 2.04. The molecule has 3 nitrogen and oxygen atoms in total. The van der Waals surface area contributed by atoms with Crippen LogP contribution in [0.4, 0.5) is 5.69 Å². The first-order valence-electron chi connectivity index (χ1n) is 3.55. The molecule has 1 aromatic carbocycles. The lowest BCUT2D eigenvalue weighted by Gasteiger charge is -2.10. The first-order chi connectivity index (χ1) is 5.61. The molecule has 0 radical (unpaired) electrons. The van der Waals surface area contributed by atoms with E-state index in [1.807, 2.05) is 31.1 Å². The molecular formula is C8H11NO2P+. The van der Waals surface area contributed by atoms with Crippen molar-refractivity contribution in [3.05, 3.63) is 24.3 Å². The van der Waals surface area contributed by atoms with E-state index in [0.717, 1.165) is 5.69 Å². The monoisotopic (exact) mass is 184 g/mol. The Hall–Kier alpha value is -0.920. The van der Waals surface area contributed by atoms with Gasteiger partial charge in [0.1, 0.15) is 0 Å². The Labute approximate surface area is 72.5 Å². The average molecular weight is 184 g/mol. The second-order valence-corrected chi connectivity index (χ2v) is 3.75. The third-order valence-corrected chi connectivity index (χ3v) is 2.33. The van der Waals surface area contributed by atoms with Gasteiger partial charge in [-0.05, 0) is 28.8 Å². The predicted octanol–water partition coefficient (Wildman–Crippen LogP) is 1.11. The lowest BCUT2D eigenvalue weighted by molar-refractivity contribution is 0.513. The number of benzene rings is 1. The van der Waals surface area contributed by atoms with Gasteiger partial charge in [0.2, 0.25) is 5.30 Å². The second kappa shape index (κ2) is 3.65. The van der Waals surface area contributed by atoms with Crippen LogP contribution >= 0.6 is 8.03 Å². The summed E-state index contributed by atoms with van der Waals surface area (Å²) in [6, 6.07) is 6.96. The Bertz CT molecular complexity index is 282. The van der Waals surface area contributed by atoms with Crippen molar-refractivity contribution in [2.24, 2.45) is 0 Å². The van der Waals surface area contributed by atoms with Crippen LogP contribution in [0.1, 0.15) is 0 Å². The number of anilines is 1. The molecule has 1 atom stereocenters.